The summed E-state index contributed by atoms with van der Waals surface area (Å²) in [6.07, 6.45) is 6.87. The molecule has 9 nitrogen and oxygen atoms in total. The van der Waals surface area contributed by atoms with E-state index in [2.05, 4.69) is 29.4 Å². The van der Waals surface area contributed by atoms with Gasteiger partial charge >= 0.3 is 0 Å². The minimum absolute atomic E-state index is 0.0226. The number of carbonyl (C=O) groups is 1. The summed E-state index contributed by atoms with van der Waals surface area (Å²) < 4.78 is 50.4. The normalized spacial score (nSPS) is 22.1. The van der Waals surface area contributed by atoms with Gasteiger partial charge in [-0.1, -0.05) is 27.7 Å². The number of nitrogens with zero attached hydrogens (tertiary/aromatic N) is 2. The van der Waals surface area contributed by atoms with Crippen molar-refractivity contribution in [1.29, 1.82) is 0 Å². The Kier molecular flexibility index (Phi) is 10.1. The van der Waals surface area contributed by atoms with Gasteiger partial charge in [0, 0.05) is 47.7 Å². The van der Waals surface area contributed by atoms with Gasteiger partial charge in [-0.15, -0.1) is 0 Å². The highest BCUT2D eigenvalue weighted by molar-refractivity contribution is 7.91. The van der Waals surface area contributed by atoms with Crippen LogP contribution in [0, 0.1) is 11.2 Å². The summed E-state index contributed by atoms with van der Waals surface area (Å²) >= 11 is 0. The van der Waals surface area contributed by atoms with Gasteiger partial charge in [-0.25, -0.2) is 12.8 Å². The van der Waals surface area contributed by atoms with Crippen LogP contribution in [0.1, 0.15) is 88.7 Å². The molecule has 4 N–H and O–H groups in total. The fourth-order valence-electron chi connectivity index (χ4n) is 7.48. The zero-order chi connectivity index (χ0) is 31.6. The maximum atomic E-state index is 15.9. The van der Waals surface area contributed by atoms with E-state index >= 15 is 4.39 Å². The number of halogens is 1. The zero-order valence-electron chi connectivity index (χ0n) is 26.8. The van der Waals surface area contributed by atoms with Crippen LogP contribution in [0.25, 0.3) is 5.69 Å². The second-order valence-electron chi connectivity index (χ2n) is 13.5. The molecule has 0 radical (unpaired) electrons. The predicted molar refractivity (Wildman–Crippen MR) is 171 cm³/mol. The molecule has 244 valence electrons. The van der Waals surface area contributed by atoms with E-state index in [1.165, 1.54) is 6.07 Å². The average Bonchev–Trinajstić information content (AvgIpc) is 3.53. The van der Waals surface area contributed by atoms with Gasteiger partial charge in [-0.3, -0.25) is 4.79 Å². The Balaban J connectivity index is 1.38. The van der Waals surface area contributed by atoms with Crippen LogP contribution in [0.4, 0.5) is 10.1 Å². The Morgan fingerprint density at radius 1 is 1.11 bits per heavy atom. The fourth-order valence-corrected chi connectivity index (χ4v) is 9.87. The van der Waals surface area contributed by atoms with Gasteiger partial charge in [-0.05, 0) is 87.6 Å². The molecule has 2 aromatic rings. The molecule has 2 aliphatic carbocycles. The fraction of sp³-hybridized carbons (Fsp3) is 0.667. The minimum Gasteiger partial charge on any atom is -0.382 e. The topological polar surface area (TPSA) is 119 Å². The van der Waals surface area contributed by atoms with E-state index in [0.717, 1.165) is 81.5 Å². The Hall–Kier alpha value is -2.47. The lowest BCUT2D eigenvalue weighted by molar-refractivity contribution is -0.122. The number of carbonyl (C=O) groups excluding carboxylic acids is 1. The number of nitrogens with two attached hydrogens (primary N) is 1. The van der Waals surface area contributed by atoms with E-state index in [-0.39, 0.29) is 37.1 Å². The third-order valence-electron chi connectivity index (χ3n) is 9.61. The molecule has 2 heterocycles. The number of rotatable bonds is 12. The third-order valence-corrected chi connectivity index (χ3v) is 11.9. The van der Waals surface area contributed by atoms with Gasteiger partial charge in [0.1, 0.15) is 5.82 Å². The quantitative estimate of drug-likeness (QED) is 0.296. The minimum atomic E-state index is -3.45. The summed E-state index contributed by atoms with van der Waals surface area (Å²) in [5, 5.41) is 6.81. The van der Waals surface area contributed by atoms with Crippen LogP contribution in [0.5, 0.6) is 0 Å². The summed E-state index contributed by atoms with van der Waals surface area (Å²) in [5.41, 5.74) is 9.57. The lowest BCUT2D eigenvalue weighted by Gasteiger charge is -2.32. The summed E-state index contributed by atoms with van der Waals surface area (Å²) in [5.74, 6) is -0.184. The van der Waals surface area contributed by atoms with Gasteiger partial charge in [0.15, 0.2) is 9.84 Å². The molecule has 3 aliphatic rings. The lowest BCUT2D eigenvalue weighted by Crippen LogP contribution is -2.41. The molecule has 1 saturated carbocycles. The molecule has 0 atom stereocenters. The molecular formula is C33H50FN5O4S. The van der Waals surface area contributed by atoms with E-state index < -0.39 is 21.1 Å². The highest BCUT2D eigenvalue weighted by atomic mass is 32.2. The van der Waals surface area contributed by atoms with Crippen molar-refractivity contribution >= 4 is 21.4 Å². The molecule has 11 heteroatoms. The van der Waals surface area contributed by atoms with E-state index in [9.17, 15) is 13.2 Å². The maximum absolute atomic E-state index is 15.9. The zero-order valence-corrected chi connectivity index (χ0v) is 27.6. The molecule has 1 amide bonds. The largest absolute Gasteiger partial charge is 0.382 e. The van der Waals surface area contributed by atoms with Crippen LogP contribution in [-0.2, 0) is 45.2 Å². The highest BCUT2D eigenvalue weighted by Gasteiger charge is 2.42. The summed E-state index contributed by atoms with van der Waals surface area (Å²) in [4.78, 5) is 15.3. The molecule has 1 aromatic heterocycles. The molecular weight excluding hydrogens is 581 g/mol. The van der Waals surface area contributed by atoms with Crippen molar-refractivity contribution in [2.24, 2.45) is 11.1 Å². The second kappa shape index (κ2) is 13.5. The van der Waals surface area contributed by atoms with Gasteiger partial charge < -0.3 is 30.6 Å². The number of nitrogens with one attached hydrogen (secondary N) is 2. The molecule has 0 bridgehead atoms. The number of amides is 1. The smallest absolute Gasteiger partial charge is 0.221 e. The number of hydrogen-bond donors (Lipinski definition) is 3. The standard InChI is InChI=1S/C33H50FN5O4S/c1-5-38(6-2)15-14-31(40)37-23-12-10-22(11-13-23)36-28-17-24(16-27(34)26(28)19-43-21-35)39-29-9-7-8-25(29)32-30(39)18-33(3,4)20-44(32,41)42/h16-17,22-23,36H,5-15,18-21,35H2,1-4H3,(H,37,40). The molecule has 1 fully saturated rings. The van der Waals surface area contributed by atoms with Crippen molar-refractivity contribution in [2.45, 2.75) is 109 Å². The van der Waals surface area contributed by atoms with Crippen LogP contribution in [-0.4, -0.2) is 68.0 Å². The average molecular weight is 632 g/mol. The summed E-state index contributed by atoms with van der Waals surface area (Å²) in [6.45, 7) is 10.8. The van der Waals surface area contributed by atoms with E-state index in [1.807, 2.05) is 24.5 Å². The lowest BCUT2D eigenvalue weighted by atomic mass is 9.89. The van der Waals surface area contributed by atoms with Crippen LogP contribution in [0.3, 0.4) is 0 Å². The summed E-state index contributed by atoms with van der Waals surface area (Å²) in [6, 6.07) is 3.71. The van der Waals surface area contributed by atoms with Crippen molar-refractivity contribution in [3.05, 3.63) is 40.5 Å². The molecule has 44 heavy (non-hydrogen) atoms. The van der Waals surface area contributed by atoms with Crippen molar-refractivity contribution in [3.8, 4) is 5.69 Å². The van der Waals surface area contributed by atoms with E-state index in [0.29, 0.717) is 34.7 Å². The van der Waals surface area contributed by atoms with Crippen LogP contribution in [0.2, 0.25) is 0 Å². The second-order valence-corrected chi connectivity index (χ2v) is 15.4. The first-order valence-electron chi connectivity index (χ1n) is 16.3. The highest BCUT2D eigenvalue weighted by Crippen LogP contribution is 2.45. The molecule has 1 aromatic carbocycles. The third kappa shape index (κ3) is 7.00. The number of hydrogen-bond acceptors (Lipinski definition) is 7. The predicted octanol–water partition coefficient (Wildman–Crippen LogP) is 4.47. The molecule has 0 saturated heterocycles. The van der Waals surface area contributed by atoms with E-state index in [4.69, 9.17) is 10.5 Å². The first kappa shape index (κ1) is 32.9. The maximum Gasteiger partial charge on any atom is 0.221 e. The molecule has 1 aliphatic heterocycles. The Morgan fingerprint density at radius 3 is 2.50 bits per heavy atom. The number of anilines is 1. The van der Waals surface area contributed by atoms with E-state index in [1.54, 1.807) is 0 Å². The molecule has 5 rings (SSSR count). The monoisotopic (exact) mass is 631 g/mol. The molecule has 0 spiro atoms. The SMILES string of the molecule is CCN(CC)CCC(=O)NC1CCC(Nc2cc(-n3c4c(c5c3CC(C)(C)CS5(=O)=O)CCC4)cc(F)c2COCN)CC1. The van der Waals surface area contributed by atoms with Crippen LogP contribution < -0.4 is 16.4 Å². The number of ether oxygens (including phenoxy) is 1. The van der Waals surface area contributed by atoms with Crippen LogP contribution in [0.15, 0.2) is 17.0 Å². The molecule has 0 unspecified atom stereocenters. The van der Waals surface area contributed by atoms with Crippen molar-refractivity contribution in [2.75, 3.05) is 37.4 Å². The Labute approximate surface area is 262 Å². The van der Waals surface area contributed by atoms with Crippen molar-refractivity contribution in [1.82, 2.24) is 14.8 Å². The first-order chi connectivity index (χ1) is 21.0. The van der Waals surface area contributed by atoms with Gasteiger partial charge in [0.25, 0.3) is 0 Å². The van der Waals surface area contributed by atoms with Gasteiger partial charge in [-0.2, -0.15) is 0 Å². The van der Waals surface area contributed by atoms with Gasteiger partial charge in [0.05, 0.1) is 29.7 Å². The van der Waals surface area contributed by atoms with Gasteiger partial charge in [0.2, 0.25) is 5.91 Å². The Bertz CT molecular complexity index is 1460. The number of aromatic nitrogens is 1. The Morgan fingerprint density at radius 2 is 1.82 bits per heavy atom. The number of fused-ring (bicyclic) bond motifs is 3. The first-order valence-corrected chi connectivity index (χ1v) is 18.0. The number of sulfone groups is 1. The van der Waals surface area contributed by atoms with Crippen molar-refractivity contribution < 1.29 is 22.3 Å². The van der Waals surface area contributed by atoms with Crippen LogP contribution >= 0.6 is 0 Å². The van der Waals surface area contributed by atoms with Crippen molar-refractivity contribution in [3.63, 3.8) is 0 Å². The summed E-state index contributed by atoms with van der Waals surface area (Å²) in [7, 11) is -3.45. The number of benzene rings is 1.